The molecule has 4 rings (SSSR count). The molecule has 146 valence electrons. The van der Waals surface area contributed by atoms with Gasteiger partial charge < -0.3 is 14.8 Å². The number of benzene rings is 1. The Bertz CT molecular complexity index is 1050. The monoisotopic (exact) mass is 387 g/mol. The Morgan fingerprint density at radius 1 is 0.828 bits per heavy atom. The zero-order valence-electron chi connectivity index (χ0n) is 16.3. The van der Waals surface area contributed by atoms with Crippen LogP contribution in [0.25, 0.3) is 0 Å². The Morgan fingerprint density at radius 2 is 1.52 bits per heavy atom. The van der Waals surface area contributed by atoms with Crippen LogP contribution >= 0.6 is 0 Å². The number of rotatable bonds is 6. The fraction of sp³-hybridized carbons (Fsp3) is 0.182. The number of amidine groups is 2. The maximum absolute atomic E-state index is 5.88. The molecule has 0 saturated heterocycles. The molecule has 1 N–H and O–H groups in total. The van der Waals surface area contributed by atoms with Gasteiger partial charge in [-0.2, -0.15) is 0 Å². The molecule has 0 unspecified atom stereocenters. The summed E-state index contributed by atoms with van der Waals surface area (Å²) in [4.78, 5) is 18.0. The lowest BCUT2D eigenvalue weighted by atomic mass is 10.1. The minimum Gasteiger partial charge on any atom is -0.493 e. The minimum absolute atomic E-state index is 0.516. The third-order valence-corrected chi connectivity index (χ3v) is 4.19. The molecule has 3 aromatic rings. The van der Waals surface area contributed by atoms with Crippen LogP contribution < -0.4 is 14.8 Å². The first kappa shape index (κ1) is 18.6. The topological polar surface area (TPSA) is 81.0 Å². The standard InChI is InChI=1S/C22H21N5O2/c1-3-28-15-11-12-16(29-4-2)20-19(15)21(25-17-9-5-7-13-23-17)27-22(20)26-18-10-6-8-14-24-18/h5-14H,3-4H2,1-2H3,(H,23,24,25,26,27). The van der Waals surface area contributed by atoms with Gasteiger partial charge in [-0.25, -0.2) is 20.0 Å². The van der Waals surface area contributed by atoms with E-state index in [0.29, 0.717) is 48.0 Å². The summed E-state index contributed by atoms with van der Waals surface area (Å²) < 4.78 is 11.8. The average Bonchev–Trinajstić information content (AvgIpc) is 3.10. The van der Waals surface area contributed by atoms with Gasteiger partial charge in [0.1, 0.15) is 23.2 Å². The van der Waals surface area contributed by atoms with Gasteiger partial charge in [-0.3, -0.25) is 0 Å². The van der Waals surface area contributed by atoms with Crippen molar-refractivity contribution in [3.8, 4) is 11.5 Å². The number of nitrogens with one attached hydrogen (secondary N) is 1. The molecule has 7 heteroatoms. The van der Waals surface area contributed by atoms with Gasteiger partial charge in [0.15, 0.2) is 11.7 Å². The van der Waals surface area contributed by atoms with E-state index in [1.807, 2.05) is 62.4 Å². The molecule has 0 amide bonds. The van der Waals surface area contributed by atoms with Crippen molar-refractivity contribution in [2.75, 3.05) is 18.5 Å². The lowest BCUT2D eigenvalue weighted by molar-refractivity contribution is 0.330. The highest BCUT2D eigenvalue weighted by Crippen LogP contribution is 2.37. The fourth-order valence-corrected chi connectivity index (χ4v) is 3.05. The highest BCUT2D eigenvalue weighted by molar-refractivity contribution is 6.28. The van der Waals surface area contributed by atoms with E-state index in [9.17, 15) is 0 Å². The van der Waals surface area contributed by atoms with E-state index in [2.05, 4.69) is 20.3 Å². The molecule has 0 spiro atoms. The lowest BCUT2D eigenvalue weighted by Gasteiger charge is -2.15. The average molecular weight is 387 g/mol. The van der Waals surface area contributed by atoms with Gasteiger partial charge >= 0.3 is 0 Å². The summed E-state index contributed by atoms with van der Waals surface area (Å²) in [6.07, 6.45) is 3.42. The molecule has 0 atom stereocenters. The summed E-state index contributed by atoms with van der Waals surface area (Å²) in [6, 6.07) is 15.0. The van der Waals surface area contributed by atoms with Crippen molar-refractivity contribution in [3.63, 3.8) is 0 Å². The number of pyridine rings is 2. The molecule has 0 bridgehead atoms. The van der Waals surface area contributed by atoms with Gasteiger partial charge in [0.2, 0.25) is 0 Å². The number of hydrogen-bond donors (Lipinski definition) is 1. The Hall–Kier alpha value is -3.74. The molecule has 3 heterocycles. The van der Waals surface area contributed by atoms with Crippen molar-refractivity contribution in [2.45, 2.75) is 13.8 Å². The zero-order chi connectivity index (χ0) is 20.1. The second-order valence-corrected chi connectivity index (χ2v) is 6.10. The Morgan fingerprint density at radius 3 is 2.14 bits per heavy atom. The number of fused-ring (bicyclic) bond motifs is 1. The normalized spacial score (nSPS) is 13.7. The van der Waals surface area contributed by atoms with Crippen molar-refractivity contribution >= 4 is 23.3 Å². The molecular weight excluding hydrogens is 366 g/mol. The van der Waals surface area contributed by atoms with Crippen LogP contribution in [0, 0.1) is 0 Å². The third kappa shape index (κ3) is 3.94. The van der Waals surface area contributed by atoms with E-state index in [0.717, 1.165) is 11.1 Å². The zero-order valence-corrected chi connectivity index (χ0v) is 16.3. The Labute approximate surface area is 169 Å². The lowest BCUT2D eigenvalue weighted by Crippen LogP contribution is -2.14. The predicted octanol–water partition coefficient (Wildman–Crippen LogP) is 4.22. The first-order chi connectivity index (χ1) is 14.3. The SMILES string of the molecule is CCOc1ccc(OCC)c2c1C(Nc1ccccn1)=N/C2=N\c1ccccn1. The van der Waals surface area contributed by atoms with Crippen LogP contribution in [0.1, 0.15) is 25.0 Å². The number of ether oxygens (including phenoxy) is 2. The van der Waals surface area contributed by atoms with Gasteiger partial charge in [-0.1, -0.05) is 12.1 Å². The van der Waals surface area contributed by atoms with Gasteiger partial charge in [0.25, 0.3) is 0 Å². The molecule has 29 heavy (non-hydrogen) atoms. The molecule has 7 nitrogen and oxygen atoms in total. The minimum atomic E-state index is 0.516. The highest BCUT2D eigenvalue weighted by Gasteiger charge is 2.30. The first-order valence-corrected chi connectivity index (χ1v) is 9.50. The predicted molar refractivity (Wildman–Crippen MR) is 114 cm³/mol. The first-order valence-electron chi connectivity index (χ1n) is 9.50. The highest BCUT2D eigenvalue weighted by atomic mass is 16.5. The second-order valence-electron chi connectivity index (χ2n) is 6.10. The van der Waals surface area contributed by atoms with Crippen LogP contribution in [0.5, 0.6) is 11.5 Å². The molecular formula is C22H21N5O2. The maximum atomic E-state index is 5.88. The second kappa shape index (κ2) is 8.52. The molecule has 1 aliphatic heterocycles. The summed E-state index contributed by atoms with van der Waals surface area (Å²) in [5, 5.41) is 3.28. The molecule has 1 aliphatic rings. The summed E-state index contributed by atoms with van der Waals surface area (Å²) in [5.41, 5.74) is 1.58. The summed E-state index contributed by atoms with van der Waals surface area (Å²) >= 11 is 0. The number of aliphatic imine (C=N–C) groups is 2. The van der Waals surface area contributed by atoms with Gasteiger partial charge in [0.05, 0.1) is 24.3 Å². The van der Waals surface area contributed by atoms with E-state index in [-0.39, 0.29) is 0 Å². The van der Waals surface area contributed by atoms with E-state index in [1.165, 1.54) is 0 Å². The van der Waals surface area contributed by atoms with Gasteiger partial charge in [-0.05, 0) is 50.2 Å². The number of nitrogens with zero attached hydrogens (tertiary/aromatic N) is 4. The molecule has 0 radical (unpaired) electrons. The fourth-order valence-electron chi connectivity index (χ4n) is 3.05. The van der Waals surface area contributed by atoms with Crippen LogP contribution in [0.2, 0.25) is 0 Å². The van der Waals surface area contributed by atoms with Gasteiger partial charge in [0, 0.05) is 12.4 Å². The Balaban J connectivity index is 1.88. The van der Waals surface area contributed by atoms with Crippen LogP contribution in [-0.2, 0) is 0 Å². The van der Waals surface area contributed by atoms with E-state index in [4.69, 9.17) is 14.5 Å². The van der Waals surface area contributed by atoms with Crippen LogP contribution in [-0.4, -0.2) is 34.9 Å². The van der Waals surface area contributed by atoms with Crippen LogP contribution in [0.3, 0.4) is 0 Å². The number of anilines is 1. The summed E-state index contributed by atoms with van der Waals surface area (Å²) in [5.74, 6) is 3.78. The van der Waals surface area contributed by atoms with Crippen molar-refractivity contribution in [1.82, 2.24) is 9.97 Å². The van der Waals surface area contributed by atoms with E-state index in [1.54, 1.807) is 12.4 Å². The van der Waals surface area contributed by atoms with Crippen LogP contribution in [0.4, 0.5) is 11.6 Å². The quantitative estimate of drug-likeness (QED) is 0.685. The third-order valence-electron chi connectivity index (χ3n) is 4.19. The molecule has 0 fully saturated rings. The van der Waals surface area contributed by atoms with Gasteiger partial charge in [-0.15, -0.1) is 0 Å². The molecule has 0 saturated carbocycles. The molecule has 0 aliphatic carbocycles. The number of aromatic nitrogens is 2. The van der Waals surface area contributed by atoms with E-state index < -0.39 is 0 Å². The maximum Gasteiger partial charge on any atom is 0.168 e. The molecule has 1 aromatic carbocycles. The summed E-state index contributed by atoms with van der Waals surface area (Å²) in [7, 11) is 0. The van der Waals surface area contributed by atoms with Crippen LogP contribution in [0.15, 0.2) is 70.9 Å². The molecule has 2 aromatic heterocycles. The summed E-state index contributed by atoms with van der Waals surface area (Å²) in [6.45, 7) is 4.95. The van der Waals surface area contributed by atoms with Crippen molar-refractivity contribution in [2.24, 2.45) is 9.98 Å². The van der Waals surface area contributed by atoms with Crippen molar-refractivity contribution in [1.29, 1.82) is 0 Å². The van der Waals surface area contributed by atoms with Crippen molar-refractivity contribution < 1.29 is 9.47 Å². The van der Waals surface area contributed by atoms with Crippen molar-refractivity contribution in [3.05, 3.63) is 72.1 Å². The Kier molecular flexibility index (Phi) is 5.47. The largest absolute Gasteiger partial charge is 0.493 e. The smallest absolute Gasteiger partial charge is 0.168 e. The number of hydrogen-bond acceptors (Lipinski definition) is 6. The van der Waals surface area contributed by atoms with E-state index >= 15 is 0 Å².